The highest BCUT2D eigenvalue weighted by molar-refractivity contribution is 6.20. The maximum absolute atomic E-state index is 6.62. The lowest BCUT2D eigenvalue weighted by Crippen LogP contribution is -2.11. The van der Waals surface area contributed by atoms with E-state index < -0.39 is 0 Å². The number of hydrogen-bond donors (Lipinski definition) is 0. The van der Waals surface area contributed by atoms with Gasteiger partial charge in [-0.15, -0.1) is 0 Å². The molecule has 0 aliphatic carbocycles. The van der Waals surface area contributed by atoms with E-state index >= 15 is 0 Å². The van der Waals surface area contributed by atoms with Crippen molar-refractivity contribution in [1.82, 2.24) is 0 Å². The molecule has 3 nitrogen and oxygen atoms in total. The third-order valence-electron chi connectivity index (χ3n) is 9.44. The van der Waals surface area contributed by atoms with Gasteiger partial charge < -0.3 is 13.7 Å². The summed E-state index contributed by atoms with van der Waals surface area (Å²) in [5, 5.41) is 9.03. The zero-order valence-electron chi connectivity index (χ0n) is 25.4. The number of benzene rings is 8. The highest BCUT2D eigenvalue weighted by Gasteiger charge is 2.22. The first-order valence-electron chi connectivity index (χ1n) is 15.9. The SMILES string of the molecule is c1ccc(N(c2ccccc2-c2ccc3oc4c5ccccc5ccc4c3c2)c2cccc3oc4c5ccccc5ccc4c23)cc1. The van der Waals surface area contributed by atoms with Crippen LogP contribution in [0.5, 0.6) is 0 Å². The average molecular weight is 602 g/mol. The zero-order valence-corrected chi connectivity index (χ0v) is 25.4. The second-order valence-electron chi connectivity index (χ2n) is 12.1. The number of rotatable bonds is 4. The van der Waals surface area contributed by atoms with Crippen molar-refractivity contribution < 1.29 is 8.83 Å². The Balaban J connectivity index is 1.22. The van der Waals surface area contributed by atoms with Gasteiger partial charge in [0.15, 0.2) is 0 Å². The first-order valence-corrected chi connectivity index (χ1v) is 15.9. The van der Waals surface area contributed by atoms with Crippen LogP contribution in [0.2, 0.25) is 0 Å². The van der Waals surface area contributed by atoms with Crippen LogP contribution in [0.15, 0.2) is 173 Å². The summed E-state index contributed by atoms with van der Waals surface area (Å²) in [6.45, 7) is 0. The monoisotopic (exact) mass is 601 g/mol. The molecule has 0 aliphatic heterocycles. The normalized spacial score (nSPS) is 11.8. The molecule has 3 heteroatoms. The van der Waals surface area contributed by atoms with Gasteiger partial charge in [-0.2, -0.15) is 0 Å². The molecular formula is C44H27NO2. The molecular weight excluding hydrogens is 574 g/mol. The van der Waals surface area contributed by atoms with Crippen LogP contribution in [-0.4, -0.2) is 0 Å². The van der Waals surface area contributed by atoms with Gasteiger partial charge in [-0.1, -0.05) is 109 Å². The van der Waals surface area contributed by atoms with Gasteiger partial charge in [-0.05, 0) is 70.9 Å². The number of para-hydroxylation sites is 2. The number of fused-ring (bicyclic) bond motifs is 10. The summed E-state index contributed by atoms with van der Waals surface area (Å²) in [4.78, 5) is 2.37. The maximum atomic E-state index is 6.62. The number of hydrogen-bond acceptors (Lipinski definition) is 3. The molecule has 0 N–H and O–H groups in total. The van der Waals surface area contributed by atoms with E-state index in [2.05, 4.69) is 169 Å². The molecule has 10 rings (SSSR count). The summed E-state index contributed by atoms with van der Waals surface area (Å²) >= 11 is 0. The van der Waals surface area contributed by atoms with Gasteiger partial charge in [0.1, 0.15) is 22.3 Å². The third-order valence-corrected chi connectivity index (χ3v) is 9.44. The van der Waals surface area contributed by atoms with E-state index in [1.165, 1.54) is 10.8 Å². The summed E-state index contributed by atoms with van der Waals surface area (Å²) in [6.07, 6.45) is 0. The molecule has 8 aromatic carbocycles. The van der Waals surface area contributed by atoms with Crippen LogP contribution in [0.1, 0.15) is 0 Å². The molecule has 0 saturated carbocycles. The molecule has 0 saturated heterocycles. The van der Waals surface area contributed by atoms with Crippen molar-refractivity contribution in [2.24, 2.45) is 0 Å². The van der Waals surface area contributed by atoms with Crippen LogP contribution in [0, 0.1) is 0 Å². The minimum Gasteiger partial charge on any atom is -0.455 e. The van der Waals surface area contributed by atoms with Gasteiger partial charge in [0.05, 0.1) is 16.8 Å². The number of furan rings is 2. The summed E-state index contributed by atoms with van der Waals surface area (Å²) in [6, 6.07) is 57.8. The Hall–Kier alpha value is -6.32. The standard InChI is InChI=1S/C44H27NO2/c1-2-13-31(14-3-1)45(39-19-10-20-41-42(39)36-25-22-29-12-5-7-17-34(29)44(36)47-41)38-18-9-8-15-32(38)30-23-26-40-37(27-30)35-24-21-28-11-4-6-16-33(28)43(35)46-40/h1-27H. The third kappa shape index (κ3) is 3.93. The lowest BCUT2D eigenvalue weighted by Gasteiger charge is -2.28. The van der Waals surface area contributed by atoms with Crippen LogP contribution in [0.4, 0.5) is 17.1 Å². The largest absolute Gasteiger partial charge is 0.455 e. The van der Waals surface area contributed by atoms with Crippen molar-refractivity contribution in [3.8, 4) is 11.1 Å². The lowest BCUT2D eigenvalue weighted by molar-refractivity contribution is 0.672. The summed E-state index contributed by atoms with van der Waals surface area (Å²) in [5.74, 6) is 0. The molecule has 0 aliphatic rings. The average Bonchev–Trinajstić information content (AvgIpc) is 3.72. The van der Waals surface area contributed by atoms with Crippen LogP contribution in [0.3, 0.4) is 0 Å². The van der Waals surface area contributed by atoms with Gasteiger partial charge >= 0.3 is 0 Å². The fourth-order valence-corrected chi connectivity index (χ4v) is 7.29. The Labute approximate surface area is 270 Å². The second-order valence-corrected chi connectivity index (χ2v) is 12.1. The molecule has 47 heavy (non-hydrogen) atoms. The summed E-state index contributed by atoms with van der Waals surface area (Å²) < 4.78 is 13.1. The van der Waals surface area contributed by atoms with Gasteiger partial charge in [-0.25, -0.2) is 0 Å². The molecule has 10 aromatic rings. The fraction of sp³-hybridized carbons (Fsp3) is 0. The van der Waals surface area contributed by atoms with Crippen LogP contribution in [-0.2, 0) is 0 Å². The molecule has 0 radical (unpaired) electrons. The van der Waals surface area contributed by atoms with Gasteiger partial charge in [-0.3, -0.25) is 0 Å². The van der Waals surface area contributed by atoms with E-state index in [-0.39, 0.29) is 0 Å². The first-order chi connectivity index (χ1) is 23.3. The van der Waals surface area contributed by atoms with Crippen molar-refractivity contribution >= 4 is 82.5 Å². The van der Waals surface area contributed by atoms with E-state index in [1.807, 2.05) is 0 Å². The molecule has 0 atom stereocenters. The van der Waals surface area contributed by atoms with E-state index in [9.17, 15) is 0 Å². The van der Waals surface area contributed by atoms with E-state index in [0.29, 0.717) is 0 Å². The van der Waals surface area contributed by atoms with E-state index in [0.717, 1.165) is 82.8 Å². The molecule has 2 heterocycles. The highest BCUT2D eigenvalue weighted by Crippen LogP contribution is 2.47. The predicted molar refractivity (Wildman–Crippen MR) is 196 cm³/mol. The molecule has 2 aromatic heterocycles. The van der Waals surface area contributed by atoms with Crippen molar-refractivity contribution in [2.75, 3.05) is 4.90 Å². The quantitative estimate of drug-likeness (QED) is 0.201. The molecule has 0 fully saturated rings. The highest BCUT2D eigenvalue weighted by atomic mass is 16.3. The summed E-state index contributed by atoms with van der Waals surface area (Å²) in [5.41, 5.74) is 9.07. The van der Waals surface area contributed by atoms with Gasteiger partial charge in [0.25, 0.3) is 0 Å². The minimum absolute atomic E-state index is 0.866. The van der Waals surface area contributed by atoms with E-state index in [1.54, 1.807) is 0 Å². The Morgan fingerprint density at radius 3 is 1.83 bits per heavy atom. The zero-order chi connectivity index (χ0) is 30.9. The molecule has 0 bridgehead atoms. The number of anilines is 3. The lowest BCUT2D eigenvalue weighted by atomic mass is 9.98. The summed E-state index contributed by atoms with van der Waals surface area (Å²) in [7, 11) is 0. The molecule has 0 unspecified atom stereocenters. The van der Waals surface area contributed by atoms with Crippen LogP contribution in [0.25, 0.3) is 76.5 Å². The molecule has 0 amide bonds. The maximum Gasteiger partial charge on any atom is 0.143 e. The minimum atomic E-state index is 0.866. The number of nitrogens with zero attached hydrogens (tertiary/aromatic N) is 1. The van der Waals surface area contributed by atoms with Crippen LogP contribution >= 0.6 is 0 Å². The fourth-order valence-electron chi connectivity index (χ4n) is 7.29. The van der Waals surface area contributed by atoms with Gasteiger partial charge in [0.2, 0.25) is 0 Å². The van der Waals surface area contributed by atoms with Crippen molar-refractivity contribution in [2.45, 2.75) is 0 Å². The second kappa shape index (κ2) is 10.1. The molecule has 0 spiro atoms. The smallest absolute Gasteiger partial charge is 0.143 e. The van der Waals surface area contributed by atoms with Crippen molar-refractivity contribution in [1.29, 1.82) is 0 Å². The van der Waals surface area contributed by atoms with Crippen LogP contribution < -0.4 is 4.90 Å². The Morgan fingerprint density at radius 1 is 0.383 bits per heavy atom. The van der Waals surface area contributed by atoms with Gasteiger partial charge in [0, 0.05) is 38.2 Å². The van der Waals surface area contributed by atoms with Crippen molar-refractivity contribution in [3.63, 3.8) is 0 Å². The predicted octanol–water partition coefficient (Wildman–Crippen LogP) is 12.9. The van der Waals surface area contributed by atoms with E-state index in [4.69, 9.17) is 8.83 Å². The first kappa shape index (κ1) is 26.0. The molecule has 220 valence electrons. The Kier molecular flexibility index (Phi) is 5.57. The topological polar surface area (TPSA) is 29.5 Å². The Morgan fingerprint density at radius 2 is 1.02 bits per heavy atom. The van der Waals surface area contributed by atoms with Crippen molar-refractivity contribution in [3.05, 3.63) is 164 Å². The Bertz CT molecular complexity index is 2810.